The molecule has 0 aliphatic rings. The van der Waals surface area contributed by atoms with E-state index in [1.54, 1.807) is 4.31 Å². The highest BCUT2D eigenvalue weighted by molar-refractivity contribution is 7.84. The van der Waals surface area contributed by atoms with Crippen molar-refractivity contribution >= 4 is 42.0 Å². The second-order valence-corrected chi connectivity index (χ2v) is 6.64. The average molecular weight is 378 g/mol. The average Bonchev–Trinajstić information content (AvgIpc) is 2.57. The van der Waals surface area contributed by atoms with Gasteiger partial charge in [0, 0.05) is 6.04 Å². The first-order valence-electron chi connectivity index (χ1n) is 8.73. The number of rotatable bonds is 12. The summed E-state index contributed by atoms with van der Waals surface area (Å²) in [4.78, 5) is 24.7. The predicted molar refractivity (Wildman–Crippen MR) is 103 cm³/mol. The van der Waals surface area contributed by atoms with Crippen LogP contribution in [-0.2, 0) is 19.1 Å². The van der Waals surface area contributed by atoms with E-state index in [0.29, 0.717) is 18.2 Å². The highest BCUT2D eigenvalue weighted by Gasteiger charge is 2.32. The number of carbonyl (C=O) groups is 2. The summed E-state index contributed by atoms with van der Waals surface area (Å²) in [7, 11) is 0. The van der Waals surface area contributed by atoms with Crippen LogP contribution in [0.15, 0.2) is 0 Å². The summed E-state index contributed by atoms with van der Waals surface area (Å²) in [5, 5.41) is 0. The summed E-state index contributed by atoms with van der Waals surface area (Å²) >= 11 is 9.77. The van der Waals surface area contributed by atoms with Crippen molar-refractivity contribution < 1.29 is 19.1 Å². The van der Waals surface area contributed by atoms with Crippen LogP contribution in [0.1, 0.15) is 66.2 Å². The molecule has 0 aromatic carbocycles. The van der Waals surface area contributed by atoms with Crippen LogP contribution >= 0.6 is 25.0 Å². The molecule has 7 heteroatoms. The Hall–Kier alpha value is -0.820. The highest BCUT2D eigenvalue weighted by atomic mass is 32.1. The van der Waals surface area contributed by atoms with Crippen LogP contribution in [0.2, 0.25) is 0 Å². The van der Waals surface area contributed by atoms with E-state index in [4.69, 9.17) is 21.7 Å². The topological polar surface area (TPSA) is 55.8 Å². The molecule has 0 amide bonds. The molecule has 0 rings (SSSR count). The van der Waals surface area contributed by atoms with Crippen molar-refractivity contribution in [3.63, 3.8) is 0 Å². The van der Waals surface area contributed by atoms with Crippen molar-refractivity contribution in [1.29, 1.82) is 0 Å². The number of unbranched alkanes of at least 4 members (excludes halogenated alkanes) is 2. The third-order valence-electron chi connectivity index (χ3n) is 3.69. The van der Waals surface area contributed by atoms with Crippen molar-refractivity contribution in [2.75, 3.05) is 13.2 Å². The van der Waals surface area contributed by atoms with Gasteiger partial charge in [-0.15, -0.1) is 0 Å². The van der Waals surface area contributed by atoms with Gasteiger partial charge in [-0.3, -0.25) is 9.59 Å². The monoisotopic (exact) mass is 377 g/mol. The molecule has 0 fully saturated rings. The molecule has 0 aliphatic carbocycles. The Morgan fingerprint density at radius 2 is 1.62 bits per heavy atom. The van der Waals surface area contributed by atoms with Crippen molar-refractivity contribution in [3.05, 3.63) is 0 Å². The van der Waals surface area contributed by atoms with Gasteiger partial charge in [0.05, 0.1) is 19.6 Å². The summed E-state index contributed by atoms with van der Waals surface area (Å²) in [6.45, 7) is 8.68. The maximum Gasteiger partial charge on any atom is 0.316 e. The lowest BCUT2D eigenvalue weighted by atomic mass is 10.0. The third-order valence-corrected chi connectivity index (χ3v) is 4.92. The maximum atomic E-state index is 12.4. The lowest BCUT2D eigenvalue weighted by molar-refractivity contribution is -0.153. The van der Waals surface area contributed by atoms with E-state index in [0.717, 1.165) is 32.1 Å². The quantitative estimate of drug-likeness (QED) is 0.240. The van der Waals surface area contributed by atoms with Crippen LogP contribution in [0.5, 0.6) is 0 Å². The van der Waals surface area contributed by atoms with Gasteiger partial charge in [-0.1, -0.05) is 58.6 Å². The van der Waals surface area contributed by atoms with Crippen molar-refractivity contribution in [1.82, 2.24) is 4.31 Å². The molecule has 5 nitrogen and oxygen atoms in total. The van der Waals surface area contributed by atoms with E-state index in [9.17, 15) is 9.59 Å². The van der Waals surface area contributed by atoms with Crippen LogP contribution in [-0.4, -0.2) is 40.5 Å². The van der Waals surface area contributed by atoms with Gasteiger partial charge in [-0.25, -0.2) is 0 Å². The molecule has 0 saturated heterocycles. The van der Waals surface area contributed by atoms with Crippen molar-refractivity contribution in [3.8, 4) is 0 Å². The SMILES string of the molecule is CCCCOC(=O)CC(C(=O)OCCCC)C(=S)N(S)C(C)CC. The zero-order chi connectivity index (χ0) is 18.5. The molecule has 0 radical (unpaired) electrons. The summed E-state index contributed by atoms with van der Waals surface area (Å²) < 4.78 is 12.0. The van der Waals surface area contributed by atoms with E-state index in [1.165, 1.54) is 0 Å². The van der Waals surface area contributed by atoms with Crippen LogP contribution in [0.4, 0.5) is 0 Å². The minimum Gasteiger partial charge on any atom is -0.466 e. The van der Waals surface area contributed by atoms with Crippen LogP contribution in [0.3, 0.4) is 0 Å². The van der Waals surface area contributed by atoms with E-state index < -0.39 is 17.9 Å². The number of ether oxygens (including phenoxy) is 2. The summed E-state index contributed by atoms with van der Waals surface area (Å²) in [6.07, 6.45) is 4.15. The predicted octanol–water partition coefficient (Wildman–Crippen LogP) is 3.95. The third kappa shape index (κ3) is 8.87. The number of thiol groups is 1. The molecule has 0 aromatic heterocycles. The first-order valence-corrected chi connectivity index (χ1v) is 9.53. The Morgan fingerprint density at radius 1 is 1.08 bits per heavy atom. The Kier molecular flexibility index (Phi) is 13.0. The number of hydrogen-bond acceptors (Lipinski definition) is 6. The van der Waals surface area contributed by atoms with Crippen LogP contribution < -0.4 is 0 Å². The molecule has 0 N–H and O–H groups in total. The minimum absolute atomic E-state index is 0.0582. The molecule has 0 aromatic rings. The first kappa shape index (κ1) is 23.2. The molecule has 0 heterocycles. The molecular formula is C17H31NO4S2. The number of hydrogen-bond donors (Lipinski definition) is 1. The molecular weight excluding hydrogens is 346 g/mol. The fourth-order valence-corrected chi connectivity index (χ4v) is 2.46. The first-order chi connectivity index (χ1) is 11.4. The van der Waals surface area contributed by atoms with Crippen LogP contribution in [0.25, 0.3) is 0 Å². The highest BCUT2D eigenvalue weighted by Crippen LogP contribution is 2.19. The summed E-state index contributed by atoms with van der Waals surface area (Å²) in [5.74, 6) is -1.75. The largest absolute Gasteiger partial charge is 0.466 e. The molecule has 2 atom stereocenters. The second kappa shape index (κ2) is 13.5. The van der Waals surface area contributed by atoms with Gasteiger partial charge in [0.1, 0.15) is 10.9 Å². The van der Waals surface area contributed by atoms with E-state index >= 15 is 0 Å². The molecule has 0 aliphatic heterocycles. The van der Waals surface area contributed by atoms with Gasteiger partial charge in [0.15, 0.2) is 0 Å². The lowest BCUT2D eigenvalue weighted by Crippen LogP contribution is -2.39. The number of thiocarbonyl (C=S) groups is 1. The van der Waals surface area contributed by atoms with Gasteiger partial charge in [0.2, 0.25) is 0 Å². The van der Waals surface area contributed by atoms with Gasteiger partial charge < -0.3 is 13.8 Å². The Balaban J connectivity index is 4.90. The smallest absolute Gasteiger partial charge is 0.316 e. The van der Waals surface area contributed by atoms with Crippen LogP contribution in [0, 0.1) is 5.92 Å². The normalized spacial score (nSPS) is 13.0. The van der Waals surface area contributed by atoms with Gasteiger partial charge in [0.25, 0.3) is 0 Å². The maximum absolute atomic E-state index is 12.4. The molecule has 24 heavy (non-hydrogen) atoms. The standard InChI is InChI=1S/C17H31NO4S2/c1-5-8-10-21-15(19)12-14(17(20)22-11-9-6-2)16(23)18(24)13(4)7-3/h13-14,24H,5-12H2,1-4H3. The summed E-state index contributed by atoms with van der Waals surface area (Å²) in [5.41, 5.74) is 0. The zero-order valence-corrected chi connectivity index (χ0v) is 17.0. The number of esters is 2. The lowest BCUT2D eigenvalue weighted by Gasteiger charge is -2.28. The van der Waals surface area contributed by atoms with Crippen molar-refractivity contribution in [2.24, 2.45) is 5.92 Å². The summed E-state index contributed by atoms with van der Waals surface area (Å²) in [6, 6.07) is 0.0582. The van der Waals surface area contributed by atoms with E-state index in [1.807, 2.05) is 27.7 Å². The zero-order valence-electron chi connectivity index (χ0n) is 15.2. The minimum atomic E-state index is -0.836. The molecule has 140 valence electrons. The number of carbonyl (C=O) groups excluding carboxylic acids is 2. The Morgan fingerprint density at radius 3 is 2.12 bits per heavy atom. The Labute approximate surface area is 157 Å². The fraction of sp³-hybridized carbons (Fsp3) is 0.824. The van der Waals surface area contributed by atoms with Gasteiger partial charge >= 0.3 is 11.9 Å². The van der Waals surface area contributed by atoms with E-state index in [-0.39, 0.29) is 12.5 Å². The Bertz CT molecular complexity index is 404. The van der Waals surface area contributed by atoms with Gasteiger partial charge in [-0.05, 0) is 26.2 Å². The molecule has 0 bridgehead atoms. The fourth-order valence-electron chi connectivity index (χ4n) is 1.79. The second-order valence-electron chi connectivity index (χ2n) is 5.79. The van der Waals surface area contributed by atoms with Crippen molar-refractivity contribution in [2.45, 2.75) is 72.3 Å². The molecule has 0 spiro atoms. The van der Waals surface area contributed by atoms with E-state index in [2.05, 4.69) is 12.8 Å². The molecule has 0 saturated carbocycles. The number of nitrogens with zero attached hydrogens (tertiary/aromatic N) is 1. The molecule has 2 unspecified atom stereocenters. The van der Waals surface area contributed by atoms with Gasteiger partial charge in [-0.2, -0.15) is 0 Å².